The maximum Gasteiger partial charge on any atom is 0.116 e. The second kappa shape index (κ2) is 6.40. The third-order valence-corrected chi connectivity index (χ3v) is 2.34. The van der Waals surface area contributed by atoms with Crippen LogP contribution in [0.1, 0.15) is 11.3 Å². The normalized spacial score (nSPS) is 12.4. The van der Waals surface area contributed by atoms with Crippen LogP contribution in [0.25, 0.3) is 24.8 Å². The first-order valence-corrected chi connectivity index (χ1v) is 5.45. The largest absolute Gasteiger partial charge is 0.355 e. The lowest BCUT2D eigenvalue weighted by Crippen LogP contribution is -2.21. The smallest absolute Gasteiger partial charge is 0.116 e. The van der Waals surface area contributed by atoms with Crippen LogP contribution in [0.15, 0.2) is 49.9 Å². The van der Waals surface area contributed by atoms with E-state index in [1.54, 1.807) is 18.2 Å². The van der Waals surface area contributed by atoms with Crippen LogP contribution in [-0.4, -0.2) is 4.98 Å². The number of nitrogens with one attached hydrogen (secondary N) is 1. The van der Waals surface area contributed by atoms with Crippen LogP contribution < -0.4 is 10.6 Å². The van der Waals surface area contributed by atoms with Crippen molar-refractivity contribution < 1.29 is 4.39 Å². The van der Waals surface area contributed by atoms with Crippen LogP contribution in [0, 0.1) is 0 Å². The monoisotopic (exact) mass is 241 g/mol. The lowest BCUT2D eigenvalue weighted by Gasteiger charge is -1.91. The van der Waals surface area contributed by atoms with Crippen molar-refractivity contribution >= 4 is 24.8 Å². The van der Waals surface area contributed by atoms with Crippen molar-refractivity contribution in [3.05, 3.63) is 71.7 Å². The molecule has 18 heavy (non-hydrogen) atoms. The van der Waals surface area contributed by atoms with Gasteiger partial charge in [-0.3, -0.25) is 0 Å². The molecule has 0 aliphatic carbocycles. The van der Waals surface area contributed by atoms with Gasteiger partial charge < -0.3 is 4.98 Å². The highest BCUT2D eigenvalue weighted by Crippen LogP contribution is 2.06. The molecule has 1 heterocycles. The number of rotatable bonds is 5. The lowest BCUT2D eigenvalue weighted by atomic mass is 10.1. The van der Waals surface area contributed by atoms with Crippen molar-refractivity contribution in [3.8, 4) is 0 Å². The molecule has 0 aliphatic heterocycles. The van der Waals surface area contributed by atoms with Crippen molar-refractivity contribution in [2.24, 2.45) is 0 Å². The molecule has 0 aromatic carbocycles. The Kier molecular flexibility index (Phi) is 4.88. The van der Waals surface area contributed by atoms with Crippen molar-refractivity contribution in [2.45, 2.75) is 0 Å². The van der Waals surface area contributed by atoms with E-state index in [0.29, 0.717) is 0 Å². The molecule has 1 nitrogen and oxygen atoms in total. The zero-order valence-corrected chi connectivity index (χ0v) is 10.2. The molecule has 1 aromatic rings. The lowest BCUT2D eigenvalue weighted by molar-refractivity contribution is 0.672. The average Bonchev–Trinajstić information content (AvgIpc) is 2.63. The molecule has 92 valence electrons. The summed E-state index contributed by atoms with van der Waals surface area (Å²) >= 11 is 0. The predicted octanol–water partition coefficient (Wildman–Crippen LogP) is 3.09. The molecule has 0 saturated carbocycles. The summed E-state index contributed by atoms with van der Waals surface area (Å²) in [6.45, 7) is 14.4. The van der Waals surface area contributed by atoms with Crippen LogP contribution in [0.3, 0.4) is 0 Å². The van der Waals surface area contributed by atoms with E-state index in [4.69, 9.17) is 0 Å². The van der Waals surface area contributed by atoms with E-state index >= 15 is 0 Å². The summed E-state index contributed by atoms with van der Waals surface area (Å²) in [5, 5.41) is 1.64. The Morgan fingerprint density at radius 2 is 1.94 bits per heavy atom. The van der Waals surface area contributed by atoms with Crippen molar-refractivity contribution in [2.75, 3.05) is 0 Å². The van der Waals surface area contributed by atoms with Gasteiger partial charge in [0, 0.05) is 21.8 Å². The van der Waals surface area contributed by atoms with Gasteiger partial charge in [-0.1, -0.05) is 50.6 Å². The molecule has 0 bridgehead atoms. The van der Waals surface area contributed by atoms with Gasteiger partial charge in [0.05, 0.1) is 0 Å². The van der Waals surface area contributed by atoms with E-state index in [1.807, 2.05) is 18.2 Å². The maximum absolute atomic E-state index is 12.7. The first-order valence-electron chi connectivity index (χ1n) is 5.45. The molecule has 0 aliphatic rings. The third-order valence-electron chi connectivity index (χ3n) is 2.34. The van der Waals surface area contributed by atoms with E-state index in [2.05, 4.69) is 31.3 Å². The summed E-state index contributed by atoms with van der Waals surface area (Å²) in [6, 6.07) is 0. The fraction of sp³-hybridized carbons (Fsp3) is 0. The van der Waals surface area contributed by atoms with Gasteiger partial charge in [-0.15, -0.1) is 0 Å². The van der Waals surface area contributed by atoms with Gasteiger partial charge in [0.25, 0.3) is 0 Å². The zero-order valence-electron chi connectivity index (χ0n) is 10.2. The van der Waals surface area contributed by atoms with Gasteiger partial charge >= 0.3 is 0 Å². The molecule has 2 heteroatoms. The minimum absolute atomic E-state index is 0.496. The third kappa shape index (κ3) is 3.32. The number of hydrogen-bond donors (Lipinski definition) is 1. The summed E-state index contributed by atoms with van der Waals surface area (Å²) in [7, 11) is 0. The number of halogens is 1. The van der Waals surface area contributed by atoms with E-state index in [1.165, 1.54) is 6.08 Å². The molecule has 0 unspecified atom stereocenters. The number of H-pyrrole nitrogens is 1. The average molecular weight is 241 g/mol. The fourth-order valence-corrected chi connectivity index (χ4v) is 1.54. The molecule has 1 rings (SSSR count). The standard InChI is InChI=1S/C16H16FN/c1-5-7-8-9-14-13(4)18-16(6-2)15(14)11-10-12(3)17/h5-11,18H,1-4H2/b8-7-,11-10-,14-9+. The quantitative estimate of drug-likeness (QED) is 0.762. The topological polar surface area (TPSA) is 15.8 Å². The van der Waals surface area contributed by atoms with Crippen LogP contribution in [0.5, 0.6) is 0 Å². The SMILES string of the molecule is C=C/C=C\C=c1\c(/C=C\C(=C)F)c(C=C)[nH]c1=C. The second-order valence-corrected chi connectivity index (χ2v) is 3.62. The summed E-state index contributed by atoms with van der Waals surface area (Å²) in [6.07, 6.45) is 11.8. The number of hydrogen-bond acceptors (Lipinski definition) is 0. The van der Waals surface area contributed by atoms with E-state index in [0.717, 1.165) is 21.8 Å². The Balaban J connectivity index is 3.45. The van der Waals surface area contributed by atoms with E-state index < -0.39 is 5.83 Å². The van der Waals surface area contributed by atoms with Crippen LogP contribution in [0.2, 0.25) is 0 Å². The Morgan fingerprint density at radius 3 is 2.50 bits per heavy atom. The van der Waals surface area contributed by atoms with Gasteiger partial charge in [-0.25, -0.2) is 4.39 Å². The molecular formula is C16H16FN. The second-order valence-electron chi connectivity index (χ2n) is 3.62. The maximum atomic E-state index is 12.7. The summed E-state index contributed by atoms with van der Waals surface area (Å²) in [4.78, 5) is 3.09. The first-order chi connectivity index (χ1) is 8.60. The molecular weight excluding hydrogens is 225 g/mol. The number of aromatic nitrogens is 1. The Labute approximate surface area is 106 Å². The minimum atomic E-state index is -0.496. The molecule has 1 N–H and O–H groups in total. The molecule has 0 spiro atoms. The minimum Gasteiger partial charge on any atom is -0.355 e. The van der Waals surface area contributed by atoms with E-state index in [9.17, 15) is 4.39 Å². The summed E-state index contributed by atoms with van der Waals surface area (Å²) in [5.41, 5.74) is 1.64. The van der Waals surface area contributed by atoms with Gasteiger partial charge in [0.1, 0.15) is 5.83 Å². The Hall–Kier alpha value is -2.35. The highest BCUT2D eigenvalue weighted by Gasteiger charge is 2.01. The van der Waals surface area contributed by atoms with Gasteiger partial charge in [0.2, 0.25) is 0 Å². The molecule has 1 aromatic heterocycles. The number of allylic oxidation sites excluding steroid dienone is 5. The fourth-order valence-electron chi connectivity index (χ4n) is 1.54. The Bertz CT molecular complexity index is 627. The highest BCUT2D eigenvalue weighted by molar-refractivity contribution is 5.66. The van der Waals surface area contributed by atoms with Gasteiger partial charge in [-0.05, 0) is 18.2 Å². The Morgan fingerprint density at radius 1 is 1.22 bits per heavy atom. The van der Waals surface area contributed by atoms with E-state index in [-0.39, 0.29) is 0 Å². The van der Waals surface area contributed by atoms with Gasteiger partial charge in [-0.2, -0.15) is 0 Å². The molecule has 0 saturated heterocycles. The summed E-state index contributed by atoms with van der Waals surface area (Å²) in [5.74, 6) is -0.496. The highest BCUT2D eigenvalue weighted by atomic mass is 19.1. The predicted molar refractivity (Wildman–Crippen MR) is 78.7 cm³/mol. The van der Waals surface area contributed by atoms with Crippen LogP contribution in [0.4, 0.5) is 4.39 Å². The zero-order chi connectivity index (χ0) is 13.5. The molecule has 0 fully saturated rings. The molecule has 0 atom stereocenters. The first kappa shape index (κ1) is 13.7. The molecule has 0 radical (unpaired) electrons. The van der Waals surface area contributed by atoms with Crippen LogP contribution >= 0.6 is 0 Å². The van der Waals surface area contributed by atoms with Crippen LogP contribution in [-0.2, 0) is 0 Å². The van der Waals surface area contributed by atoms with Gasteiger partial charge in [0.15, 0.2) is 0 Å². The van der Waals surface area contributed by atoms with Crippen molar-refractivity contribution in [1.29, 1.82) is 0 Å². The van der Waals surface area contributed by atoms with Crippen molar-refractivity contribution in [3.63, 3.8) is 0 Å². The number of aromatic amines is 1. The summed E-state index contributed by atoms with van der Waals surface area (Å²) < 4.78 is 12.7. The molecule has 0 amide bonds. The van der Waals surface area contributed by atoms with Crippen molar-refractivity contribution in [1.82, 2.24) is 4.98 Å².